The van der Waals surface area contributed by atoms with Crippen LogP contribution in [0.15, 0.2) is 0 Å². The highest BCUT2D eigenvalue weighted by Crippen LogP contribution is 2.33. The molecule has 0 spiro atoms. The van der Waals surface area contributed by atoms with Crippen LogP contribution >= 0.6 is 0 Å². The van der Waals surface area contributed by atoms with E-state index in [1.807, 2.05) is 0 Å². The predicted octanol–water partition coefficient (Wildman–Crippen LogP) is 11.0. The van der Waals surface area contributed by atoms with Crippen LogP contribution in [0.4, 0.5) is 0 Å². The maximum absolute atomic E-state index is 12.9. The van der Waals surface area contributed by atoms with Crippen molar-refractivity contribution in [3.05, 3.63) is 0 Å². The molecule has 0 saturated heterocycles. The van der Waals surface area contributed by atoms with Crippen LogP contribution in [0.3, 0.4) is 0 Å². The van der Waals surface area contributed by atoms with Gasteiger partial charge in [-0.25, -0.2) is 0 Å². The zero-order valence-electron chi connectivity index (χ0n) is 28.2. The Labute approximate surface area is 250 Å². The van der Waals surface area contributed by atoms with Gasteiger partial charge in [0, 0.05) is 6.42 Å². The number of hydrogen-bond acceptors (Lipinski definition) is 4. The van der Waals surface area contributed by atoms with Crippen LogP contribution in [-0.2, 0) is 19.1 Å². The van der Waals surface area contributed by atoms with E-state index in [0.29, 0.717) is 49.2 Å². The fraction of sp³-hybridized carbons (Fsp3) is 0.944. The lowest BCUT2D eigenvalue weighted by molar-refractivity contribution is -0.154. The summed E-state index contributed by atoms with van der Waals surface area (Å²) >= 11 is 0. The highest BCUT2D eigenvalue weighted by atomic mass is 16.5. The Balaban J connectivity index is 3.77. The highest BCUT2D eigenvalue weighted by Gasteiger charge is 2.33. The Hall–Kier alpha value is -1.06. The van der Waals surface area contributed by atoms with Gasteiger partial charge in [0.2, 0.25) is 0 Å². The Morgan fingerprint density at radius 3 is 1.27 bits per heavy atom. The molecule has 2 atom stereocenters. The minimum Gasteiger partial charge on any atom is -0.466 e. The van der Waals surface area contributed by atoms with Crippen LogP contribution in [0.1, 0.15) is 171 Å². The van der Waals surface area contributed by atoms with Crippen LogP contribution in [0.2, 0.25) is 0 Å². The minimum atomic E-state index is -0.0188. The van der Waals surface area contributed by atoms with Crippen molar-refractivity contribution in [2.24, 2.45) is 35.5 Å². The van der Waals surface area contributed by atoms with Gasteiger partial charge in [0.15, 0.2) is 0 Å². The lowest BCUT2D eigenvalue weighted by Crippen LogP contribution is -2.33. The lowest BCUT2D eigenvalue weighted by atomic mass is 9.74. The van der Waals surface area contributed by atoms with E-state index in [1.54, 1.807) is 0 Å². The molecule has 0 aromatic heterocycles. The minimum absolute atomic E-state index is 0.0188. The van der Waals surface area contributed by atoms with Crippen LogP contribution < -0.4 is 0 Å². The predicted molar refractivity (Wildman–Crippen MR) is 171 cm³/mol. The summed E-state index contributed by atoms with van der Waals surface area (Å²) in [6, 6.07) is 0. The first-order valence-electron chi connectivity index (χ1n) is 17.4. The number of hydrogen-bond donors (Lipinski definition) is 0. The first-order valence-corrected chi connectivity index (χ1v) is 17.4. The number of esters is 2. The fourth-order valence-corrected chi connectivity index (χ4v) is 5.61. The zero-order chi connectivity index (χ0) is 30.2. The lowest BCUT2D eigenvalue weighted by Gasteiger charge is -2.31. The number of rotatable bonds is 27. The summed E-state index contributed by atoms with van der Waals surface area (Å²) in [7, 11) is 0. The third-order valence-electron chi connectivity index (χ3n) is 8.37. The SMILES string of the molecule is CC(C)CCOC(=O)CCCCCCCCCCCCCCCCC(C(C)C)C(C(=O)OCCC(C)C)C(C)C. The largest absolute Gasteiger partial charge is 0.466 e. The van der Waals surface area contributed by atoms with Gasteiger partial charge in [-0.2, -0.15) is 0 Å². The molecule has 0 heterocycles. The first-order chi connectivity index (χ1) is 19.1. The molecule has 0 amide bonds. The topological polar surface area (TPSA) is 52.6 Å². The molecule has 0 aliphatic rings. The third-order valence-corrected chi connectivity index (χ3v) is 8.37. The number of ether oxygens (including phenoxy) is 2. The standard InChI is InChI=1S/C36H70O4/c1-29(2)25-27-39-34(37)24-22-20-18-16-14-12-10-9-11-13-15-17-19-21-23-33(31(5)6)35(32(7)8)36(38)40-28-26-30(3)4/h29-33,35H,9-28H2,1-8H3. The molecule has 0 rings (SSSR count). The van der Waals surface area contributed by atoms with Crippen molar-refractivity contribution in [3.8, 4) is 0 Å². The van der Waals surface area contributed by atoms with Gasteiger partial charge in [-0.3, -0.25) is 9.59 Å². The summed E-state index contributed by atoms with van der Waals surface area (Å²) in [5.41, 5.74) is 0. The Morgan fingerprint density at radius 1 is 0.475 bits per heavy atom. The second-order valence-corrected chi connectivity index (χ2v) is 13.9. The average molecular weight is 567 g/mol. The molecule has 4 nitrogen and oxygen atoms in total. The monoisotopic (exact) mass is 567 g/mol. The van der Waals surface area contributed by atoms with Gasteiger partial charge in [-0.15, -0.1) is 0 Å². The first kappa shape index (κ1) is 38.9. The van der Waals surface area contributed by atoms with Crippen molar-refractivity contribution in [1.82, 2.24) is 0 Å². The number of carbonyl (C=O) groups is 2. The molecule has 0 aliphatic heterocycles. The second-order valence-electron chi connectivity index (χ2n) is 13.9. The van der Waals surface area contributed by atoms with Crippen molar-refractivity contribution in [1.29, 1.82) is 0 Å². The van der Waals surface area contributed by atoms with E-state index in [1.165, 1.54) is 77.0 Å². The van der Waals surface area contributed by atoms with Gasteiger partial charge in [0.05, 0.1) is 19.1 Å². The molecule has 40 heavy (non-hydrogen) atoms. The van der Waals surface area contributed by atoms with Crippen LogP contribution in [0, 0.1) is 35.5 Å². The molecule has 0 aromatic rings. The maximum atomic E-state index is 12.9. The summed E-state index contributed by atoms with van der Waals surface area (Å²) in [6.07, 6.45) is 21.6. The Bertz CT molecular complexity index is 596. The molecule has 0 aromatic carbocycles. The molecule has 4 heteroatoms. The summed E-state index contributed by atoms with van der Waals surface area (Å²) < 4.78 is 11.0. The van der Waals surface area contributed by atoms with Gasteiger partial charge in [-0.05, 0) is 55.3 Å². The molecule has 0 saturated carbocycles. The zero-order valence-corrected chi connectivity index (χ0v) is 28.2. The Kier molecular flexibility index (Phi) is 25.0. The molecular formula is C36H70O4. The molecule has 0 bridgehead atoms. The normalized spacial score (nSPS) is 13.4. The van der Waals surface area contributed by atoms with Crippen molar-refractivity contribution >= 4 is 11.9 Å². The van der Waals surface area contributed by atoms with Gasteiger partial charge < -0.3 is 9.47 Å². The average Bonchev–Trinajstić information content (AvgIpc) is 2.86. The van der Waals surface area contributed by atoms with Gasteiger partial charge in [0.25, 0.3) is 0 Å². The molecule has 0 N–H and O–H groups in total. The van der Waals surface area contributed by atoms with Crippen LogP contribution in [0.25, 0.3) is 0 Å². The van der Waals surface area contributed by atoms with Crippen molar-refractivity contribution in [2.75, 3.05) is 13.2 Å². The molecule has 0 aliphatic carbocycles. The summed E-state index contributed by atoms with van der Waals surface area (Å²) in [5.74, 6) is 2.45. The number of carbonyl (C=O) groups excluding carboxylic acids is 2. The molecule has 2 unspecified atom stereocenters. The van der Waals surface area contributed by atoms with E-state index in [0.717, 1.165) is 32.1 Å². The van der Waals surface area contributed by atoms with E-state index in [2.05, 4.69) is 55.4 Å². The van der Waals surface area contributed by atoms with Crippen molar-refractivity contribution in [2.45, 2.75) is 171 Å². The van der Waals surface area contributed by atoms with E-state index in [9.17, 15) is 9.59 Å². The third kappa shape index (κ3) is 22.6. The van der Waals surface area contributed by atoms with Gasteiger partial charge in [0.1, 0.15) is 0 Å². The van der Waals surface area contributed by atoms with Crippen LogP contribution in [0.5, 0.6) is 0 Å². The van der Waals surface area contributed by atoms with Crippen LogP contribution in [-0.4, -0.2) is 25.2 Å². The molecule has 238 valence electrons. The van der Waals surface area contributed by atoms with Gasteiger partial charge in [-0.1, -0.05) is 139 Å². The van der Waals surface area contributed by atoms with E-state index >= 15 is 0 Å². The quantitative estimate of drug-likeness (QED) is 0.0733. The molecule has 0 radical (unpaired) electrons. The maximum Gasteiger partial charge on any atom is 0.309 e. The second kappa shape index (κ2) is 25.6. The van der Waals surface area contributed by atoms with E-state index in [-0.39, 0.29) is 17.9 Å². The Morgan fingerprint density at radius 2 is 0.875 bits per heavy atom. The van der Waals surface area contributed by atoms with Gasteiger partial charge >= 0.3 is 11.9 Å². The van der Waals surface area contributed by atoms with Crippen molar-refractivity contribution in [3.63, 3.8) is 0 Å². The van der Waals surface area contributed by atoms with E-state index in [4.69, 9.17) is 9.47 Å². The number of unbranched alkanes of at least 4 members (excludes halogenated alkanes) is 13. The molecular weight excluding hydrogens is 496 g/mol. The highest BCUT2D eigenvalue weighted by molar-refractivity contribution is 5.73. The van der Waals surface area contributed by atoms with Crippen molar-refractivity contribution < 1.29 is 19.1 Å². The summed E-state index contributed by atoms with van der Waals surface area (Å²) in [5, 5.41) is 0. The smallest absolute Gasteiger partial charge is 0.309 e. The fourth-order valence-electron chi connectivity index (χ4n) is 5.61. The van der Waals surface area contributed by atoms with E-state index < -0.39 is 0 Å². The summed E-state index contributed by atoms with van der Waals surface area (Å²) in [6.45, 7) is 18.7. The summed E-state index contributed by atoms with van der Waals surface area (Å²) in [4.78, 5) is 24.6. The molecule has 0 fully saturated rings.